The van der Waals surface area contributed by atoms with Crippen molar-refractivity contribution in [2.45, 2.75) is 32.3 Å². The number of benzene rings is 2. The van der Waals surface area contributed by atoms with Crippen molar-refractivity contribution in [3.8, 4) is 11.1 Å². The molecule has 6 nitrogen and oxygen atoms in total. The third-order valence-electron chi connectivity index (χ3n) is 5.53. The maximum atomic E-state index is 12.7. The van der Waals surface area contributed by atoms with E-state index < -0.39 is 5.60 Å². The zero-order valence-electron chi connectivity index (χ0n) is 17.8. The summed E-state index contributed by atoms with van der Waals surface area (Å²) in [6.45, 7) is 7.61. The Labute approximate surface area is 177 Å². The number of hydrogen-bond acceptors (Lipinski definition) is 4. The van der Waals surface area contributed by atoms with E-state index in [1.54, 1.807) is 9.80 Å². The fourth-order valence-corrected chi connectivity index (χ4v) is 4.08. The van der Waals surface area contributed by atoms with Crippen LogP contribution in [0.25, 0.3) is 11.1 Å². The van der Waals surface area contributed by atoms with E-state index in [0.717, 1.165) is 0 Å². The highest BCUT2D eigenvalue weighted by Gasteiger charge is 2.31. The molecule has 0 unspecified atom stereocenters. The maximum Gasteiger partial charge on any atom is 0.410 e. The molecule has 0 radical (unpaired) electrons. The van der Waals surface area contributed by atoms with Crippen LogP contribution in [0.2, 0.25) is 0 Å². The smallest absolute Gasteiger partial charge is 0.410 e. The first kappa shape index (κ1) is 20.3. The molecule has 0 spiro atoms. The molecule has 0 atom stereocenters. The lowest BCUT2D eigenvalue weighted by Gasteiger charge is -2.35. The summed E-state index contributed by atoms with van der Waals surface area (Å²) in [6.07, 6.45) is -0.671. The fraction of sp³-hybridized carbons (Fsp3) is 0.417. The molecule has 1 fully saturated rings. The standard InChI is InChI=1S/C24H28N2O4/c1-24(2,3)30-23(28)26-14-12-25(13-15-26)22(27)29-16-21-19-10-6-4-8-17(19)18-9-5-7-11-20(18)21/h4-11,21H,12-16H2,1-3H3. The van der Waals surface area contributed by atoms with Crippen molar-refractivity contribution < 1.29 is 19.1 Å². The first-order valence-corrected chi connectivity index (χ1v) is 10.4. The van der Waals surface area contributed by atoms with Gasteiger partial charge in [0.1, 0.15) is 12.2 Å². The van der Waals surface area contributed by atoms with Gasteiger partial charge in [0.2, 0.25) is 0 Å². The molecule has 2 aromatic carbocycles. The molecule has 158 valence electrons. The normalized spacial score (nSPS) is 16.1. The molecule has 1 aliphatic heterocycles. The van der Waals surface area contributed by atoms with Crippen molar-refractivity contribution in [2.75, 3.05) is 32.8 Å². The zero-order valence-corrected chi connectivity index (χ0v) is 17.8. The molecule has 2 aliphatic rings. The van der Waals surface area contributed by atoms with E-state index in [1.165, 1.54) is 22.3 Å². The van der Waals surface area contributed by atoms with Crippen LogP contribution in [0.15, 0.2) is 48.5 Å². The molecular weight excluding hydrogens is 380 g/mol. The maximum absolute atomic E-state index is 12.7. The molecule has 1 saturated heterocycles. The van der Waals surface area contributed by atoms with Gasteiger partial charge in [-0.15, -0.1) is 0 Å². The Morgan fingerprint density at radius 3 is 1.80 bits per heavy atom. The van der Waals surface area contributed by atoms with Crippen molar-refractivity contribution in [3.05, 3.63) is 59.7 Å². The second-order valence-electron chi connectivity index (χ2n) is 8.76. The molecule has 30 heavy (non-hydrogen) atoms. The first-order chi connectivity index (χ1) is 14.3. The third-order valence-corrected chi connectivity index (χ3v) is 5.53. The molecule has 2 aromatic rings. The Hall–Kier alpha value is -3.02. The number of carbonyl (C=O) groups is 2. The van der Waals surface area contributed by atoms with Gasteiger partial charge in [0.15, 0.2) is 0 Å². The van der Waals surface area contributed by atoms with Gasteiger partial charge in [-0.3, -0.25) is 0 Å². The Balaban J connectivity index is 1.35. The summed E-state index contributed by atoms with van der Waals surface area (Å²) in [4.78, 5) is 28.1. The average Bonchev–Trinajstić information content (AvgIpc) is 3.05. The molecule has 2 amide bonds. The lowest BCUT2D eigenvalue weighted by atomic mass is 9.98. The minimum atomic E-state index is -0.527. The van der Waals surface area contributed by atoms with E-state index in [-0.39, 0.29) is 18.1 Å². The second-order valence-corrected chi connectivity index (χ2v) is 8.76. The number of nitrogens with zero attached hydrogens (tertiary/aromatic N) is 2. The van der Waals surface area contributed by atoms with Crippen molar-refractivity contribution in [3.63, 3.8) is 0 Å². The average molecular weight is 408 g/mol. The SMILES string of the molecule is CC(C)(C)OC(=O)N1CCN(C(=O)OCC2c3ccccc3-c3ccccc32)CC1. The molecule has 1 aliphatic carbocycles. The Morgan fingerprint density at radius 2 is 1.30 bits per heavy atom. The van der Waals surface area contributed by atoms with Crippen LogP contribution in [-0.4, -0.2) is 60.4 Å². The van der Waals surface area contributed by atoms with Crippen LogP contribution in [0.5, 0.6) is 0 Å². The number of piperazine rings is 1. The number of fused-ring (bicyclic) bond motifs is 3. The van der Waals surface area contributed by atoms with E-state index in [1.807, 2.05) is 45.0 Å². The van der Waals surface area contributed by atoms with E-state index in [9.17, 15) is 9.59 Å². The fourth-order valence-electron chi connectivity index (χ4n) is 4.08. The quantitative estimate of drug-likeness (QED) is 0.735. The molecular formula is C24H28N2O4. The largest absolute Gasteiger partial charge is 0.448 e. The first-order valence-electron chi connectivity index (χ1n) is 10.4. The van der Waals surface area contributed by atoms with Crippen molar-refractivity contribution in [2.24, 2.45) is 0 Å². The summed E-state index contributed by atoms with van der Waals surface area (Å²) >= 11 is 0. The van der Waals surface area contributed by atoms with E-state index in [4.69, 9.17) is 9.47 Å². The minimum absolute atomic E-state index is 0.0457. The van der Waals surface area contributed by atoms with E-state index in [2.05, 4.69) is 24.3 Å². The topological polar surface area (TPSA) is 59.1 Å². The summed E-state index contributed by atoms with van der Waals surface area (Å²) in [6, 6.07) is 16.6. The summed E-state index contributed by atoms with van der Waals surface area (Å²) in [7, 11) is 0. The summed E-state index contributed by atoms with van der Waals surface area (Å²) in [5, 5.41) is 0. The molecule has 1 heterocycles. The summed E-state index contributed by atoms with van der Waals surface area (Å²) < 4.78 is 11.1. The van der Waals surface area contributed by atoms with Crippen LogP contribution in [0.4, 0.5) is 9.59 Å². The second kappa shape index (κ2) is 8.01. The Bertz CT molecular complexity index is 897. The molecule has 4 rings (SSSR count). The van der Waals surface area contributed by atoms with E-state index >= 15 is 0 Å². The molecule has 0 saturated carbocycles. The van der Waals surface area contributed by atoms with Crippen molar-refractivity contribution in [1.29, 1.82) is 0 Å². The lowest BCUT2D eigenvalue weighted by Crippen LogP contribution is -2.51. The highest BCUT2D eigenvalue weighted by atomic mass is 16.6. The van der Waals surface area contributed by atoms with Gasteiger partial charge in [-0.2, -0.15) is 0 Å². The summed E-state index contributed by atoms with van der Waals surface area (Å²) in [5.41, 5.74) is 4.28. The van der Waals surface area contributed by atoms with Crippen LogP contribution < -0.4 is 0 Å². The number of carbonyl (C=O) groups excluding carboxylic acids is 2. The number of ether oxygens (including phenoxy) is 2. The lowest BCUT2D eigenvalue weighted by molar-refractivity contribution is 0.0128. The van der Waals surface area contributed by atoms with Gasteiger partial charge >= 0.3 is 12.2 Å². The predicted molar refractivity (Wildman–Crippen MR) is 114 cm³/mol. The van der Waals surface area contributed by atoms with E-state index in [0.29, 0.717) is 32.8 Å². The van der Waals surface area contributed by atoms with Gasteiger partial charge < -0.3 is 19.3 Å². The Morgan fingerprint density at radius 1 is 0.833 bits per heavy atom. The van der Waals surface area contributed by atoms with Crippen LogP contribution in [-0.2, 0) is 9.47 Å². The third kappa shape index (κ3) is 4.13. The molecule has 0 bridgehead atoms. The van der Waals surface area contributed by atoms with Crippen LogP contribution >= 0.6 is 0 Å². The monoisotopic (exact) mass is 408 g/mol. The van der Waals surface area contributed by atoms with Crippen LogP contribution in [0.3, 0.4) is 0 Å². The molecule has 0 aromatic heterocycles. The van der Waals surface area contributed by atoms with Gasteiger partial charge in [-0.05, 0) is 43.0 Å². The Kier molecular flexibility index (Phi) is 5.41. The zero-order chi connectivity index (χ0) is 21.3. The van der Waals surface area contributed by atoms with Crippen molar-refractivity contribution in [1.82, 2.24) is 9.80 Å². The van der Waals surface area contributed by atoms with Crippen molar-refractivity contribution >= 4 is 12.2 Å². The highest BCUT2D eigenvalue weighted by molar-refractivity contribution is 5.79. The van der Waals surface area contributed by atoms with Gasteiger partial charge in [-0.1, -0.05) is 48.5 Å². The van der Waals surface area contributed by atoms with Gasteiger partial charge in [0.05, 0.1) is 0 Å². The summed E-state index contributed by atoms with van der Waals surface area (Å²) in [5.74, 6) is 0.0457. The molecule has 0 N–H and O–H groups in total. The van der Waals surface area contributed by atoms with Crippen LogP contribution in [0, 0.1) is 0 Å². The number of hydrogen-bond donors (Lipinski definition) is 0. The number of amides is 2. The predicted octanol–water partition coefficient (Wildman–Crippen LogP) is 4.49. The van der Waals surface area contributed by atoms with Gasteiger partial charge in [0.25, 0.3) is 0 Å². The van der Waals surface area contributed by atoms with Gasteiger partial charge in [-0.25, -0.2) is 9.59 Å². The highest BCUT2D eigenvalue weighted by Crippen LogP contribution is 2.44. The van der Waals surface area contributed by atoms with Gasteiger partial charge in [0, 0.05) is 32.1 Å². The van der Waals surface area contributed by atoms with Crippen LogP contribution in [0.1, 0.15) is 37.8 Å². The number of rotatable bonds is 2. The minimum Gasteiger partial charge on any atom is -0.448 e. The molecule has 6 heteroatoms.